The fourth-order valence-electron chi connectivity index (χ4n) is 4.45. The molecule has 0 atom stereocenters. The molecule has 2 aromatic carbocycles. The molecule has 190 valence electrons. The molecule has 0 saturated carbocycles. The van der Waals surface area contributed by atoms with Gasteiger partial charge in [0.1, 0.15) is 12.4 Å². The zero-order valence-corrected chi connectivity index (χ0v) is 20.8. The minimum Gasteiger partial charge on any atom is -0.493 e. The molecule has 5 nitrogen and oxygen atoms in total. The summed E-state index contributed by atoms with van der Waals surface area (Å²) in [6.45, 7) is 10.5. The molecule has 3 rings (SSSR count). The van der Waals surface area contributed by atoms with Crippen LogP contribution in [0.5, 0.6) is 5.75 Å². The van der Waals surface area contributed by atoms with Crippen LogP contribution < -0.4 is 4.74 Å². The molecule has 0 saturated heterocycles. The van der Waals surface area contributed by atoms with Crippen molar-refractivity contribution in [2.45, 2.75) is 70.9 Å². The third-order valence-electron chi connectivity index (χ3n) is 6.47. The van der Waals surface area contributed by atoms with Gasteiger partial charge in [0.15, 0.2) is 0 Å². The highest BCUT2D eigenvalue weighted by atomic mass is 19.4. The summed E-state index contributed by atoms with van der Waals surface area (Å²) in [5.41, 5.74) is 3.98. The Labute approximate surface area is 203 Å². The number of hydrogen-bond donors (Lipinski definition) is 1. The van der Waals surface area contributed by atoms with Crippen molar-refractivity contribution in [2.24, 2.45) is 5.16 Å². The Morgan fingerprint density at radius 3 is 2.31 bits per heavy atom. The molecule has 1 aliphatic rings. The summed E-state index contributed by atoms with van der Waals surface area (Å²) in [4.78, 5) is 16.6. The largest absolute Gasteiger partial charge is 0.493 e. The van der Waals surface area contributed by atoms with Crippen LogP contribution in [0.15, 0.2) is 41.6 Å². The number of oxime groups is 1. The van der Waals surface area contributed by atoms with Crippen LogP contribution in [0.3, 0.4) is 0 Å². The monoisotopic (exact) mass is 491 g/mol. The van der Waals surface area contributed by atoms with Crippen molar-refractivity contribution >= 4 is 11.7 Å². The van der Waals surface area contributed by atoms with E-state index < -0.39 is 24.0 Å². The third-order valence-corrected chi connectivity index (χ3v) is 6.47. The van der Waals surface area contributed by atoms with Crippen molar-refractivity contribution in [1.29, 1.82) is 0 Å². The minimum absolute atomic E-state index is 0.0954. The van der Waals surface area contributed by atoms with Gasteiger partial charge in [0.25, 0.3) is 0 Å². The maximum absolute atomic E-state index is 12.4. The van der Waals surface area contributed by atoms with Gasteiger partial charge in [-0.05, 0) is 66.1 Å². The molecule has 0 bridgehead atoms. The van der Waals surface area contributed by atoms with Gasteiger partial charge >= 0.3 is 12.1 Å². The number of aromatic carboxylic acids is 1. The molecule has 0 fully saturated rings. The second-order valence-electron chi connectivity index (χ2n) is 9.99. The minimum atomic E-state index is -4.21. The molecule has 1 N–H and O–H groups in total. The van der Waals surface area contributed by atoms with Crippen molar-refractivity contribution in [3.05, 3.63) is 53.1 Å². The Kier molecular flexibility index (Phi) is 7.53. The highest BCUT2D eigenvalue weighted by Gasteiger charge is 2.43. The van der Waals surface area contributed by atoms with Gasteiger partial charge in [-0.2, -0.15) is 13.2 Å². The first kappa shape index (κ1) is 26.6. The van der Waals surface area contributed by atoms with Gasteiger partial charge in [0, 0.05) is 17.4 Å². The molecule has 0 amide bonds. The first-order valence-corrected chi connectivity index (χ1v) is 11.7. The van der Waals surface area contributed by atoms with E-state index in [-0.39, 0.29) is 24.0 Å². The summed E-state index contributed by atoms with van der Waals surface area (Å²) in [6.07, 6.45) is -4.66. The number of benzene rings is 2. The fraction of sp³-hybridized carbons (Fsp3) is 0.481. The Bertz CT molecular complexity index is 1100. The average molecular weight is 492 g/mol. The Balaban J connectivity index is 2.00. The lowest BCUT2D eigenvalue weighted by Gasteiger charge is -2.43. The van der Waals surface area contributed by atoms with Gasteiger partial charge in [-0.1, -0.05) is 45.0 Å². The molecule has 0 unspecified atom stereocenters. The van der Waals surface area contributed by atoms with Crippen LogP contribution >= 0.6 is 0 Å². The van der Waals surface area contributed by atoms with Gasteiger partial charge in [-0.15, -0.1) is 0 Å². The van der Waals surface area contributed by atoms with Gasteiger partial charge in [-0.3, -0.25) is 0 Å². The first-order valence-electron chi connectivity index (χ1n) is 11.7. The fourth-order valence-corrected chi connectivity index (χ4v) is 4.45. The number of fused-ring (bicyclic) bond motifs is 1. The third kappa shape index (κ3) is 5.97. The quantitative estimate of drug-likeness (QED) is 0.315. The number of halogens is 3. The van der Waals surface area contributed by atoms with Crippen molar-refractivity contribution in [1.82, 2.24) is 0 Å². The van der Waals surface area contributed by atoms with Crippen molar-refractivity contribution in [3.63, 3.8) is 0 Å². The lowest BCUT2D eigenvalue weighted by atomic mass is 9.61. The highest BCUT2D eigenvalue weighted by Crippen LogP contribution is 2.48. The predicted octanol–water partition coefficient (Wildman–Crippen LogP) is 7.12. The van der Waals surface area contributed by atoms with Crippen molar-refractivity contribution < 1.29 is 32.6 Å². The second kappa shape index (κ2) is 9.91. The molecule has 0 heterocycles. The van der Waals surface area contributed by atoms with E-state index >= 15 is 0 Å². The lowest BCUT2D eigenvalue weighted by molar-refractivity contribution is -0.137. The van der Waals surface area contributed by atoms with Crippen LogP contribution in [0.1, 0.15) is 75.4 Å². The molecule has 2 aromatic rings. The standard InChI is InChI=1S/C27H32F3NO4/c1-6-34-22-15-21-20(14-19(22)17-8-10-18(11-9-17)24(32)33)25(2,3)16-23(26(21,4)5)31-35-13-7-12-27(28,29)30/h8-11,14-15H,6-7,12-13,16H2,1-5H3,(H,32,33). The summed E-state index contributed by atoms with van der Waals surface area (Å²) >= 11 is 0. The van der Waals surface area contributed by atoms with E-state index in [2.05, 4.69) is 25.1 Å². The zero-order chi connectivity index (χ0) is 26.0. The first-order chi connectivity index (χ1) is 16.3. The summed E-state index contributed by atoms with van der Waals surface area (Å²) in [7, 11) is 0. The van der Waals surface area contributed by atoms with Crippen LogP contribution in [0.25, 0.3) is 11.1 Å². The lowest BCUT2D eigenvalue weighted by Crippen LogP contribution is -2.42. The predicted molar refractivity (Wildman–Crippen MR) is 129 cm³/mol. The smallest absolute Gasteiger partial charge is 0.389 e. The van der Waals surface area contributed by atoms with E-state index in [4.69, 9.17) is 9.57 Å². The average Bonchev–Trinajstić information content (AvgIpc) is 2.76. The van der Waals surface area contributed by atoms with Crippen molar-refractivity contribution in [2.75, 3.05) is 13.2 Å². The molecular weight excluding hydrogens is 459 g/mol. The Morgan fingerprint density at radius 2 is 1.74 bits per heavy atom. The molecule has 8 heteroatoms. The molecular formula is C27H32F3NO4. The molecule has 0 spiro atoms. The van der Waals surface area contributed by atoms with Gasteiger partial charge in [0.05, 0.1) is 17.9 Å². The topological polar surface area (TPSA) is 68.1 Å². The van der Waals surface area contributed by atoms with E-state index in [0.717, 1.165) is 28.0 Å². The van der Waals surface area contributed by atoms with Crippen molar-refractivity contribution in [3.8, 4) is 16.9 Å². The maximum atomic E-state index is 12.4. The number of rotatable bonds is 8. The molecule has 0 aromatic heterocycles. The molecule has 35 heavy (non-hydrogen) atoms. The number of carboxylic acids is 1. The number of carboxylic acid groups (broad SMARTS) is 1. The zero-order valence-electron chi connectivity index (χ0n) is 20.8. The van der Waals surface area contributed by atoms with Crippen LogP contribution in [-0.2, 0) is 15.7 Å². The van der Waals surface area contributed by atoms with Crippen LogP contribution in [0.4, 0.5) is 13.2 Å². The number of nitrogens with zero attached hydrogens (tertiary/aromatic N) is 1. The van der Waals surface area contributed by atoms with Crippen LogP contribution in [0.2, 0.25) is 0 Å². The summed E-state index contributed by atoms with van der Waals surface area (Å²) in [5.74, 6) is -0.312. The number of carbonyl (C=O) groups is 1. The van der Waals surface area contributed by atoms with E-state index in [1.54, 1.807) is 24.3 Å². The van der Waals surface area contributed by atoms with E-state index in [9.17, 15) is 23.1 Å². The number of alkyl halides is 3. The molecule has 1 aliphatic carbocycles. The number of hydrogen-bond acceptors (Lipinski definition) is 4. The van der Waals surface area contributed by atoms with E-state index in [1.807, 2.05) is 26.8 Å². The Hall–Kier alpha value is -3.03. The Morgan fingerprint density at radius 1 is 1.09 bits per heavy atom. The molecule has 0 radical (unpaired) electrons. The number of ether oxygens (including phenoxy) is 1. The van der Waals surface area contributed by atoms with E-state index in [1.165, 1.54) is 0 Å². The summed E-state index contributed by atoms with van der Waals surface area (Å²) in [6, 6.07) is 10.8. The van der Waals surface area contributed by atoms with Crippen LogP contribution in [-0.4, -0.2) is 36.2 Å². The normalized spacial score (nSPS) is 17.7. The second-order valence-corrected chi connectivity index (χ2v) is 9.99. The molecule has 0 aliphatic heterocycles. The SMILES string of the molecule is CCOc1cc2c(cc1-c1ccc(C(=O)O)cc1)C(C)(C)CC(=NOCCCC(F)(F)F)C2(C)C. The summed E-state index contributed by atoms with van der Waals surface area (Å²) < 4.78 is 43.2. The highest BCUT2D eigenvalue weighted by molar-refractivity contribution is 5.98. The van der Waals surface area contributed by atoms with E-state index in [0.29, 0.717) is 18.8 Å². The maximum Gasteiger partial charge on any atom is 0.389 e. The summed E-state index contributed by atoms with van der Waals surface area (Å²) in [5, 5.41) is 13.5. The van der Waals surface area contributed by atoms with Crippen LogP contribution in [0, 0.1) is 0 Å². The van der Waals surface area contributed by atoms with Gasteiger partial charge < -0.3 is 14.7 Å². The van der Waals surface area contributed by atoms with Gasteiger partial charge in [0.2, 0.25) is 0 Å². The van der Waals surface area contributed by atoms with Gasteiger partial charge in [-0.25, -0.2) is 4.79 Å².